The number of ether oxygens (including phenoxy) is 3. The molecule has 1 amide bonds. The lowest BCUT2D eigenvalue weighted by atomic mass is 10.2. The lowest BCUT2D eigenvalue weighted by Crippen LogP contribution is -2.35. The number of benzene rings is 1. The zero-order chi connectivity index (χ0) is 19.7. The van der Waals surface area contributed by atoms with Gasteiger partial charge < -0.3 is 19.5 Å². The van der Waals surface area contributed by atoms with Gasteiger partial charge in [0, 0.05) is 12.6 Å². The van der Waals surface area contributed by atoms with Crippen molar-refractivity contribution >= 4 is 29.6 Å². The number of amides is 1. The van der Waals surface area contributed by atoms with Crippen LogP contribution in [0.2, 0.25) is 5.02 Å². The summed E-state index contributed by atoms with van der Waals surface area (Å²) in [5, 5.41) is 2.97. The van der Waals surface area contributed by atoms with Crippen LogP contribution in [-0.2, 0) is 14.3 Å². The number of hydrogen-bond acceptors (Lipinski definition) is 5. The molecule has 0 saturated carbocycles. The topological polar surface area (TPSA) is 73.9 Å². The quantitative estimate of drug-likeness (QED) is 0.522. The first-order chi connectivity index (χ1) is 12.3. The number of hydrogen-bond donors (Lipinski definition) is 1. The molecule has 144 valence electrons. The summed E-state index contributed by atoms with van der Waals surface area (Å²) in [6.07, 6.45) is 1.90. The van der Waals surface area contributed by atoms with Crippen LogP contribution in [0.15, 0.2) is 18.2 Å². The van der Waals surface area contributed by atoms with Gasteiger partial charge in [-0.15, -0.1) is 0 Å². The van der Waals surface area contributed by atoms with Gasteiger partial charge >= 0.3 is 5.97 Å². The van der Waals surface area contributed by atoms with Gasteiger partial charge in [-0.3, -0.25) is 4.79 Å². The molecule has 1 atom stereocenters. The van der Waals surface area contributed by atoms with Crippen molar-refractivity contribution in [2.24, 2.45) is 5.92 Å². The summed E-state index contributed by atoms with van der Waals surface area (Å²) in [4.78, 5) is 23.4. The molecule has 0 spiro atoms. The lowest BCUT2D eigenvalue weighted by molar-refractivity contribution is -0.150. The van der Waals surface area contributed by atoms with Gasteiger partial charge in [0.1, 0.15) is 0 Å². The smallest absolute Gasteiger partial charge is 0.331 e. The molecular weight excluding hydrogens is 358 g/mol. The van der Waals surface area contributed by atoms with Gasteiger partial charge in [0.15, 0.2) is 17.6 Å². The number of esters is 1. The fourth-order valence-corrected chi connectivity index (χ4v) is 2.25. The van der Waals surface area contributed by atoms with Crippen molar-refractivity contribution in [3.8, 4) is 11.5 Å². The first-order valence-electron chi connectivity index (χ1n) is 8.45. The first-order valence-corrected chi connectivity index (χ1v) is 8.83. The maximum atomic E-state index is 11.8. The minimum atomic E-state index is -0.864. The van der Waals surface area contributed by atoms with Gasteiger partial charge in [0.05, 0.1) is 18.7 Å². The van der Waals surface area contributed by atoms with Crippen molar-refractivity contribution < 1.29 is 23.8 Å². The van der Waals surface area contributed by atoms with Crippen LogP contribution in [0.25, 0.3) is 6.08 Å². The number of carbonyl (C=O) groups is 2. The van der Waals surface area contributed by atoms with E-state index in [0.29, 0.717) is 41.2 Å². The lowest BCUT2D eigenvalue weighted by Gasteiger charge is -2.14. The molecule has 0 saturated heterocycles. The summed E-state index contributed by atoms with van der Waals surface area (Å²) in [7, 11) is 1.52. The van der Waals surface area contributed by atoms with Gasteiger partial charge in [-0.05, 0) is 43.5 Å². The Kier molecular flexibility index (Phi) is 8.99. The Morgan fingerprint density at radius 1 is 1.27 bits per heavy atom. The number of likely N-dealkylation sites (N-methyl/N-ethyl adjacent to an activating group) is 1. The van der Waals surface area contributed by atoms with Crippen molar-refractivity contribution in [1.29, 1.82) is 0 Å². The molecule has 6 nitrogen and oxygen atoms in total. The average molecular weight is 384 g/mol. The first kappa shape index (κ1) is 21.8. The monoisotopic (exact) mass is 383 g/mol. The van der Waals surface area contributed by atoms with E-state index < -0.39 is 12.1 Å². The highest BCUT2D eigenvalue weighted by Gasteiger charge is 2.16. The second-order valence-electron chi connectivity index (χ2n) is 6.05. The highest BCUT2D eigenvalue weighted by atomic mass is 35.5. The molecule has 0 bridgehead atoms. The Morgan fingerprint density at radius 2 is 1.96 bits per heavy atom. The number of nitrogens with one attached hydrogen (secondary N) is 1. The largest absolute Gasteiger partial charge is 0.493 e. The van der Waals surface area contributed by atoms with Crippen LogP contribution in [-0.4, -0.2) is 38.2 Å². The zero-order valence-electron chi connectivity index (χ0n) is 15.8. The summed E-state index contributed by atoms with van der Waals surface area (Å²) < 4.78 is 16.0. The summed E-state index contributed by atoms with van der Waals surface area (Å²) in [6, 6.07) is 3.37. The van der Waals surface area contributed by atoms with E-state index in [0.717, 1.165) is 0 Å². The highest BCUT2D eigenvalue weighted by molar-refractivity contribution is 6.32. The van der Waals surface area contributed by atoms with Crippen LogP contribution in [0.3, 0.4) is 0 Å². The van der Waals surface area contributed by atoms with E-state index in [2.05, 4.69) is 5.32 Å². The molecule has 0 aliphatic heterocycles. The fourth-order valence-electron chi connectivity index (χ4n) is 1.98. The van der Waals surface area contributed by atoms with Gasteiger partial charge in [-0.2, -0.15) is 0 Å². The maximum Gasteiger partial charge on any atom is 0.331 e. The number of carbonyl (C=O) groups excluding carboxylic acids is 2. The normalized spacial score (nSPS) is 12.1. The van der Waals surface area contributed by atoms with E-state index >= 15 is 0 Å². The summed E-state index contributed by atoms with van der Waals surface area (Å²) >= 11 is 6.26. The van der Waals surface area contributed by atoms with Crippen LogP contribution in [0.4, 0.5) is 0 Å². The van der Waals surface area contributed by atoms with E-state index in [1.54, 1.807) is 19.1 Å². The predicted octanol–water partition coefficient (Wildman–Crippen LogP) is 3.46. The Labute approximate surface area is 159 Å². The molecule has 0 aliphatic rings. The molecule has 1 aromatic rings. The third-order valence-corrected chi connectivity index (χ3v) is 3.52. The molecule has 7 heteroatoms. The highest BCUT2D eigenvalue weighted by Crippen LogP contribution is 2.37. The molecule has 0 unspecified atom stereocenters. The van der Waals surface area contributed by atoms with Gasteiger partial charge in [0.25, 0.3) is 5.91 Å². The summed E-state index contributed by atoms with van der Waals surface area (Å²) in [5.41, 5.74) is 0.645. The summed E-state index contributed by atoms with van der Waals surface area (Å²) in [6.45, 7) is 8.35. The summed E-state index contributed by atoms with van der Waals surface area (Å²) in [5.74, 6) is 0.316. The molecule has 0 fully saturated rings. The van der Waals surface area contributed by atoms with Crippen LogP contribution < -0.4 is 14.8 Å². The molecule has 26 heavy (non-hydrogen) atoms. The third kappa shape index (κ3) is 6.96. The van der Waals surface area contributed by atoms with Crippen LogP contribution in [0, 0.1) is 5.92 Å². The standard InChI is InChI=1S/C19H26ClNO5/c1-6-21-19(23)13(4)26-17(22)8-7-14-9-15(20)18(16(10-14)24-5)25-11-12(2)3/h7-10,12-13H,6,11H2,1-5H3,(H,21,23)/b8-7+/t13-/m0/s1. The van der Waals surface area contributed by atoms with Crippen molar-refractivity contribution in [2.75, 3.05) is 20.3 Å². The molecule has 1 N–H and O–H groups in total. The molecule has 0 radical (unpaired) electrons. The molecule has 0 aliphatic carbocycles. The Balaban J connectivity index is 2.83. The predicted molar refractivity (Wildman–Crippen MR) is 102 cm³/mol. The number of methoxy groups -OCH3 is 1. The van der Waals surface area contributed by atoms with E-state index in [1.165, 1.54) is 26.2 Å². The van der Waals surface area contributed by atoms with E-state index in [4.69, 9.17) is 25.8 Å². The Bertz CT molecular complexity index is 658. The van der Waals surface area contributed by atoms with Crippen molar-refractivity contribution in [1.82, 2.24) is 5.32 Å². The molecule has 0 heterocycles. The Morgan fingerprint density at radius 3 is 2.54 bits per heavy atom. The van der Waals surface area contributed by atoms with Gasteiger partial charge in [0.2, 0.25) is 0 Å². The molecule has 0 aromatic heterocycles. The van der Waals surface area contributed by atoms with Crippen LogP contribution >= 0.6 is 11.6 Å². The average Bonchev–Trinajstić information content (AvgIpc) is 2.58. The number of rotatable bonds is 9. The minimum Gasteiger partial charge on any atom is -0.493 e. The van der Waals surface area contributed by atoms with E-state index in [1.807, 2.05) is 13.8 Å². The molecule has 1 aromatic carbocycles. The van der Waals surface area contributed by atoms with Gasteiger partial charge in [-0.1, -0.05) is 25.4 Å². The molecular formula is C19H26ClNO5. The van der Waals surface area contributed by atoms with Gasteiger partial charge in [-0.25, -0.2) is 4.79 Å². The zero-order valence-corrected chi connectivity index (χ0v) is 16.6. The van der Waals surface area contributed by atoms with Crippen molar-refractivity contribution in [3.63, 3.8) is 0 Å². The fraction of sp³-hybridized carbons (Fsp3) is 0.474. The second kappa shape index (κ2) is 10.7. The van der Waals surface area contributed by atoms with Crippen molar-refractivity contribution in [3.05, 3.63) is 28.8 Å². The number of halogens is 1. The van der Waals surface area contributed by atoms with E-state index in [-0.39, 0.29) is 5.91 Å². The van der Waals surface area contributed by atoms with Crippen LogP contribution in [0.5, 0.6) is 11.5 Å². The molecule has 1 rings (SSSR count). The maximum absolute atomic E-state index is 11.8. The minimum absolute atomic E-state index is 0.342. The SMILES string of the molecule is CCNC(=O)[C@H](C)OC(=O)/C=C/c1cc(Cl)c(OCC(C)C)c(OC)c1. The van der Waals surface area contributed by atoms with Crippen LogP contribution in [0.1, 0.15) is 33.3 Å². The van der Waals surface area contributed by atoms with Crippen molar-refractivity contribution in [2.45, 2.75) is 33.8 Å². The third-order valence-electron chi connectivity index (χ3n) is 3.24. The van der Waals surface area contributed by atoms with E-state index in [9.17, 15) is 9.59 Å². The second-order valence-corrected chi connectivity index (χ2v) is 6.45. The Hall–Kier alpha value is -2.21.